The van der Waals surface area contributed by atoms with E-state index in [1.807, 2.05) is 23.7 Å². The van der Waals surface area contributed by atoms with Crippen molar-refractivity contribution in [1.82, 2.24) is 25.2 Å². The van der Waals surface area contributed by atoms with Crippen LogP contribution in [0.2, 0.25) is 0 Å². The molecular weight excluding hydrogens is 352 g/mol. The van der Waals surface area contributed by atoms with Crippen LogP contribution in [0.4, 0.5) is 0 Å². The van der Waals surface area contributed by atoms with Crippen LogP contribution < -0.4 is 10.5 Å². The van der Waals surface area contributed by atoms with Gasteiger partial charge in [-0.05, 0) is 47.2 Å². The van der Waals surface area contributed by atoms with Crippen LogP contribution >= 0.6 is 0 Å². The molecule has 3 aromatic rings. The molecule has 1 aliphatic carbocycles. The number of aromatic nitrogens is 5. The Bertz CT molecular complexity index is 1040. The molecule has 7 nitrogen and oxygen atoms in total. The number of rotatable bonds is 4. The van der Waals surface area contributed by atoms with Gasteiger partial charge in [-0.2, -0.15) is 0 Å². The fourth-order valence-electron chi connectivity index (χ4n) is 5.07. The summed E-state index contributed by atoms with van der Waals surface area (Å²) < 4.78 is 2.02. The SMILES string of the molecule is Cc1cccc2cc([C@H](c3nnnn3C3CCCC3)[NH+]3CCCC3)c(=O)[nH]c12. The van der Waals surface area contributed by atoms with Gasteiger partial charge >= 0.3 is 0 Å². The molecule has 2 aromatic heterocycles. The molecular formula is C21H27N6O+. The molecule has 1 atom stereocenters. The predicted octanol–water partition coefficient (Wildman–Crippen LogP) is 1.71. The molecule has 2 aliphatic rings. The number of H-pyrrole nitrogens is 1. The minimum absolute atomic E-state index is 0.0211. The Morgan fingerprint density at radius 3 is 2.75 bits per heavy atom. The Labute approximate surface area is 163 Å². The van der Waals surface area contributed by atoms with E-state index in [2.05, 4.69) is 32.6 Å². The lowest BCUT2D eigenvalue weighted by Gasteiger charge is -2.25. The number of nitrogens with one attached hydrogen (secondary N) is 2. The molecule has 0 radical (unpaired) electrons. The number of quaternary nitrogens is 1. The third-order valence-corrected chi connectivity index (χ3v) is 6.53. The lowest BCUT2D eigenvalue weighted by Crippen LogP contribution is -3.10. The van der Waals surface area contributed by atoms with Crippen molar-refractivity contribution in [3.63, 3.8) is 0 Å². The van der Waals surface area contributed by atoms with Crippen LogP contribution in [-0.4, -0.2) is 38.3 Å². The highest BCUT2D eigenvalue weighted by atomic mass is 16.1. The Kier molecular flexibility index (Phi) is 4.47. The van der Waals surface area contributed by atoms with Crippen molar-refractivity contribution in [3.05, 3.63) is 51.6 Å². The number of likely N-dealkylation sites (tertiary alicyclic amines) is 1. The number of nitrogens with zero attached hydrogens (tertiary/aromatic N) is 4. The highest BCUT2D eigenvalue weighted by Crippen LogP contribution is 2.31. The molecule has 1 aromatic carbocycles. The highest BCUT2D eigenvalue weighted by molar-refractivity contribution is 5.82. The van der Waals surface area contributed by atoms with E-state index in [-0.39, 0.29) is 11.6 Å². The average Bonchev–Trinajstić information content (AvgIpc) is 3.46. The van der Waals surface area contributed by atoms with Gasteiger partial charge < -0.3 is 9.88 Å². The first kappa shape index (κ1) is 17.6. The van der Waals surface area contributed by atoms with Gasteiger partial charge in [0.15, 0.2) is 6.04 Å². The van der Waals surface area contributed by atoms with E-state index in [1.54, 1.807) is 0 Å². The molecule has 28 heavy (non-hydrogen) atoms. The normalized spacial score (nSPS) is 19.6. The van der Waals surface area contributed by atoms with Crippen LogP contribution in [0.25, 0.3) is 10.9 Å². The van der Waals surface area contributed by atoms with Gasteiger partial charge in [0.2, 0.25) is 5.82 Å². The fourth-order valence-corrected chi connectivity index (χ4v) is 5.07. The van der Waals surface area contributed by atoms with E-state index in [4.69, 9.17) is 0 Å². The van der Waals surface area contributed by atoms with Crippen molar-refractivity contribution in [3.8, 4) is 0 Å². The van der Waals surface area contributed by atoms with E-state index in [0.29, 0.717) is 6.04 Å². The number of hydrogen-bond acceptors (Lipinski definition) is 4. The standard InChI is InChI=1S/C21H26N6O/c1-14-7-6-8-15-13-17(21(28)22-18(14)15)19(26-11-4-5-12-26)20-23-24-25-27(20)16-9-2-3-10-16/h6-8,13,16,19H,2-5,9-12H2,1H3,(H,22,28)/p+1/t19-/m1/s1. The summed E-state index contributed by atoms with van der Waals surface area (Å²) >= 11 is 0. The fraction of sp³-hybridized carbons (Fsp3) is 0.524. The number of para-hydroxylation sites is 1. The Balaban J connectivity index is 1.67. The van der Waals surface area contributed by atoms with Crippen LogP contribution in [0.5, 0.6) is 0 Å². The number of tetrazole rings is 1. The maximum atomic E-state index is 13.2. The molecule has 1 saturated heterocycles. The first-order valence-corrected chi connectivity index (χ1v) is 10.5. The summed E-state index contributed by atoms with van der Waals surface area (Å²) in [6, 6.07) is 8.44. The molecule has 1 saturated carbocycles. The van der Waals surface area contributed by atoms with E-state index < -0.39 is 0 Å². The zero-order chi connectivity index (χ0) is 19.1. The summed E-state index contributed by atoms with van der Waals surface area (Å²) in [6.45, 7) is 4.13. The Morgan fingerprint density at radius 2 is 1.96 bits per heavy atom. The third-order valence-electron chi connectivity index (χ3n) is 6.53. The van der Waals surface area contributed by atoms with Crippen LogP contribution in [-0.2, 0) is 0 Å². The first-order chi connectivity index (χ1) is 13.7. The second-order valence-corrected chi connectivity index (χ2v) is 8.31. The van der Waals surface area contributed by atoms with Gasteiger partial charge in [0.05, 0.1) is 30.2 Å². The van der Waals surface area contributed by atoms with Crippen LogP contribution in [0.3, 0.4) is 0 Å². The van der Waals surface area contributed by atoms with Crippen molar-refractivity contribution in [2.45, 2.75) is 57.5 Å². The van der Waals surface area contributed by atoms with Gasteiger partial charge in [0, 0.05) is 12.8 Å². The Morgan fingerprint density at radius 1 is 1.18 bits per heavy atom. The molecule has 7 heteroatoms. The molecule has 146 valence electrons. The quantitative estimate of drug-likeness (QED) is 0.723. The number of pyridine rings is 1. The van der Waals surface area contributed by atoms with E-state index in [1.165, 1.54) is 30.6 Å². The first-order valence-electron chi connectivity index (χ1n) is 10.5. The van der Waals surface area contributed by atoms with Crippen molar-refractivity contribution in [1.29, 1.82) is 0 Å². The number of fused-ring (bicyclic) bond motifs is 1. The molecule has 2 fully saturated rings. The van der Waals surface area contributed by atoms with Crippen molar-refractivity contribution < 1.29 is 4.90 Å². The lowest BCUT2D eigenvalue weighted by molar-refractivity contribution is -0.914. The van der Waals surface area contributed by atoms with Crippen LogP contribution in [0.15, 0.2) is 29.1 Å². The van der Waals surface area contributed by atoms with Crippen LogP contribution in [0.1, 0.15) is 67.6 Å². The summed E-state index contributed by atoms with van der Waals surface area (Å²) in [7, 11) is 0. The highest BCUT2D eigenvalue weighted by Gasteiger charge is 2.37. The number of benzene rings is 1. The molecule has 5 rings (SSSR count). The maximum Gasteiger partial charge on any atom is 0.258 e. The van der Waals surface area contributed by atoms with Crippen LogP contribution in [0, 0.1) is 6.92 Å². The maximum absolute atomic E-state index is 13.2. The van der Waals surface area contributed by atoms with E-state index in [9.17, 15) is 4.79 Å². The molecule has 0 spiro atoms. The summed E-state index contributed by atoms with van der Waals surface area (Å²) in [4.78, 5) is 17.7. The summed E-state index contributed by atoms with van der Waals surface area (Å²) in [6.07, 6.45) is 7.05. The van der Waals surface area contributed by atoms with E-state index >= 15 is 0 Å². The average molecular weight is 379 g/mol. The summed E-state index contributed by atoms with van der Waals surface area (Å²) in [5.74, 6) is 0.848. The topological polar surface area (TPSA) is 80.9 Å². The van der Waals surface area contributed by atoms with Gasteiger partial charge in [-0.25, -0.2) is 4.68 Å². The van der Waals surface area contributed by atoms with Gasteiger partial charge in [0.1, 0.15) is 0 Å². The molecule has 1 aliphatic heterocycles. The number of aromatic amines is 1. The second kappa shape index (κ2) is 7.13. The zero-order valence-electron chi connectivity index (χ0n) is 16.3. The van der Waals surface area contributed by atoms with Crippen molar-refractivity contribution in [2.75, 3.05) is 13.1 Å². The molecule has 3 heterocycles. The van der Waals surface area contributed by atoms with Gasteiger partial charge in [-0.1, -0.05) is 31.0 Å². The van der Waals surface area contributed by atoms with Gasteiger partial charge in [-0.15, -0.1) is 5.10 Å². The smallest absolute Gasteiger partial charge is 0.258 e. The van der Waals surface area contributed by atoms with Crippen molar-refractivity contribution >= 4 is 10.9 Å². The number of hydrogen-bond donors (Lipinski definition) is 2. The lowest BCUT2D eigenvalue weighted by atomic mass is 10.0. The molecule has 2 N–H and O–H groups in total. The molecule has 0 unspecified atom stereocenters. The molecule has 0 amide bonds. The predicted molar refractivity (Wildman–Crippen MR) is 106 cm³/mol. The monoisotopic (exact) mass is 379 g/mol. The summed E-state index contributed by atoms with van der Waals surface area (Å²) in [5, 5.41) is 13.9. The van der Waals surface area contributed by atoms with E-state index in [0.717, 1.165) is 53.8 Å². The minimum atomic E-state index is -0.119. The second-order valence-electron chi connectivity index (χ2n) is 8.31. The van der Waals surface area contributed by atoms with Gasteiger partial charge in [0.25, 0.3) is 5.56 Å². The largest absolute Gasteiger partial charge is 0.322 e. The minimum Gasteiger partial charge on any atom is -0.322 e. The molecule has 0 bridgehead atoms. The number of aryl methyl sites for hydroxylation is 1. The zero-order valence-corrected chi connectivity index (χ0v) is 16.3. The van der Waals surface area contributed by atoms with Crippen molar-refractivity contribution in [2.24, 2.45) is 0 Å². The van der Waals surface area contributed by atoms with Gasteiger partial charge in [-0.3, -0.25) is 4.79 Å². The summed E-state index contributed by atoms with van der Waals surface area (Å²) in [5.41, 5.74) is 2.76. The Hall–Kier alpha value is -2.54. The third kappa shape index (κ3) is 2.94.